The highest BCUT2D eigenvalue weighted by Crippen LogP contribution is 2.23. The van der Waals surface area contributed by atoms with Crippen LogP contribution in [0.3, 0.4) is 0 Å². The molecular formula is C17H19NOS. The first kappa shape index (κ1) is 14.8. The van der Waals surface area contributed by atoms with E-state index in [1.165, 1.54) is 28.5 Å². The molecule has 0 bridgehead atoms. The zero-order chi connectivity index (χ0) is 14.7. The number of hydrogen-bond donors (Lipinski definition) is 0. The Labute approximate surface area is 124 Å². The van der Waals surface area contributed by atoms with Gasteiger partial charge in [-0.15, -0.1) is 0 Å². The van der Waals surface area contributed by atoms with Crippen molar-refractivity contribution >= 4 is 17.5 Å². The Hall–Kier alpha value is -1.61. The van der Waals surface area contributed by atoms with Crippen LogP contribution >= 0.6 is 11.8 Å². The number of pyridine rings is 1. The van der Waals surface area contributed by atoms with E-state index in [0.717, 1.165) is 16.2 Å². The summed E-state index contributed by atoms with van der Waals surface area (Å²) in [6, 6.07) is 7.75. The predicted octanol–water partition coefficient (Wildman–Crippen LogP) is 4.29. The van der Waals surface area contributed by atoms with Crippen molar-refractivity contribution in [2.45, 2.75) is 32.7 Å². The van der Waals surface area contributed by atoms with E-state index in [9.17, 15) is 4.79 Å². The van der Waals surface area contributed by atoms with Gasteiger partial charge in [-0.2, -0.15) is 0 Å². The van der Waals surface area contributed by atoms with Crippen LogP contribution in [-0.4, -0.2) is 16.5 Å². The minimum absolute atomic E-state index is 0.171. The molecule has 0 radical (unpaired) electrons. The molecule has 0 aliphatic carbocycles. The van der Waals surface area contributed by atoms with E-state index in [4.69, 9.17) is 0 Å². The Bertz CT molecular complexity index is 635. The van der Waals surface area contributed by atoms with Crippen LogP contribution in [0.1, 0.15) is 32.6 Å². The standard InChI is InChI=1S/C17H19NOS/c1-11-9-15(14(4)13(3)12(11)2)16(19)10-20-17-7-5-6-8-18-17/h5-9H,10H2,1-4H3. The van der Waals surface area contributed by atoms with Crippen molar-refractivity contribution in [2.24, 2.45) is 0 Å². The van der Waals surface area contributed by atoms with Crippen molar-refractivity contribution in [3.8, 4) is 0 Å². The fourth-order valence-corrected chi connectivity index (χ4v) is 2.90. The summed E-state index contributed by atoms with van der Waals surface area (Å²) in [6.45, 7) is 8.28. The van der Waals surface area contributed by atoms with Crippen LogP contribution in [-0.2, 0) is 0 Å². The number of aromatic nitrogens is 1. The lowest BCUT2D eigenvalue weighted by Crippen LogP contribution is -2.08. The number of rotatable bonds is 4. The van der Waals surface area contributed by atoms with E-state index in [0.29, 0.717) is 5.75 Å². The molecule has 20 heavy (non-hydrogen) atoms. The number of thioether (sulfide) groups is 1. The number of nitrogens with zero attached hydrogens (tertiary/aromatic N) is 1. The van der Waals surface area contributed by atoms with Gasteiger partial charge in [0.15, 0.2) is 5.78 Å². The maximum Gasteiger partial charge on any atom is 0.173 e. The molecule has 0 unspecified atom stereocenters. The first-order chi connectivity index (χ1) is 9.50. The number of hydrogen-bond acceptors (Lipinski definition) is 3. The highest BCUT2D eigenvalue weighted by Gasteiger charge is 2.14. The quantitative estimate of drug-likeness (QED) is 0.620. The van der Waals surface area contributed by atoms with Gasteiger partial charge in [0, 0.05) is 11.8 Å². The Morgan fingerprint density at radius 1 is 1.10 bits per heavy atom. The number of ketones is 1. The molecule has 0 spiro atoms. The number of carbonyl (C=O) groups excluding carboxylic acids is 1. The third-order valence-corrected chi connectivity index (χ3v) is 4.71. The molecule has 1 aromatic carbocycles. The van der Waals surface area contributed by atoms with Gasteiger partial charge < -0.3 is 0 Å². The highest BCUT2D eigenvalue weighted by molar-refractivity contribution is 7.99. The molecule has 0 amide bonds. The van der Waals surface area contributed by atoms with Crippen LogP contribution in [0.25, 0.3) is 0 Å². The minimum atomic E-state index is 0.171. The molecule has 0 saturated carbocycles. The van der Waals surface area contributed by atoms with E-state index >= 15 is 0 Å². The van der Waals surface area contributed by atoms with Gasteiger partial charge >= 0.3 is 0 Å². The van der Waals surface area contributed by atoms with E-state index in [2.05, 4.69) is 25.8 Å². The fourth-order valence-electron chi connectivity index (χ4n) is 2.15. The highest BCUT2D eigenvalue weighted by atomic mass is 32.2. The second-order valence-corrected chi connectivity index (χ2v) is 5.99. The molecular weight excluding hydrogens is 266 g/mol. The monoisotopic (exact) mass is 285 g/mol. The Morgan fingerprint density at radius 2 is 1.85 bits per heavy atom. The van der Waals surface area contributed by atoms with Crippen LogP contribution in [0, 0.1) is 27.7 Å². The van der Waals surface area contributed by atoms with Gasteiger partial charge in [-0.3, -0.25) is 4.79 Å². The zero-order valence-corrected chi connectivity index (χ0v) is 13.2. The smallest absolute Gasteiger partial charge is 0.173 e. The molecule has 3 heteroatoms. The summed E-state index contributed by atoms with van der Waals surface area (Å²) < 4.78 is 0. The number of aryl methyl sites for hydroxylation is 1. The summed E-state index contributed by atoms with van der Waals surface area (Å²) in [4.78, 5) is 16.6. The number of Topliss-reactive ketones (excluding diaryl/α,β-unsaturated/α-hetero) is 1. The van der Waals surface area contributed by atoms with Crippen LogP contribution in [0.2, 0.25) is 0 Å². The summed E-state index contributed by atoms with van der Waals surface area (Å²) in [6.07, 6.45) is 1.75. The molecule has 0 fully saturated rings. The van der Waals surface area contributed by atoms with Crippen molar-refractivity contribution in [2.75, 3.05) is 5.75 Å². The number of benzene rings is 1. The molecule has 1 heterocycles. The van der Waals surface area contributed by atoms with E-state index < -0.39 is 0 Å². The molecule has 0 N–H and O–H groups in total. The summed E-state index contributed by atoms with van der Waals surface area (Å²) in [5.74, 6) is 0.601. The van der Waals surface area contributed by atoms with E-state index in [1.807, 2.05) is 31.2 Å². The Morgan fingerprint density at radius 3 is 2.50 bits per heavy atom. The van der Waals surface area contributed by atoms with E-state index in [-0.39, 0.29) is 5.78 Å². The van der Waals surface area contributed by atoms with Crippen molar-refractivity contribution in [3.05, 3.63) is 58.3 Å². The van der Waals surface area contributed by atoms with Crippen molar-refractivity contribution in [3.63, 3.8) is 0 Å². The SMILES string of the molecule is Cc1cc(C(=O)CSc2ccccn2)c(C)c(C)c1C. The first-order valence-electron chi connectivity index (χ1n) is 6.65. The van der Waals surface area contributed by atoms with Crippen molar-refractivity contribution in [1.29, 1.82) is 0 Å². The average molecular weight is 285 g/mol. The van der Waals surface area contributed by atoms with Gasteiger partial charge in [-0.1, -0.05) is 17.8 Å². The topological polar surface area (TPSA) is 30.0 Å². The third kappa shape index (κ3) is 3.10. The molecule has 2 aromatic rings. The summed E-state index contributed by atoms with van der Waals surface area (Å²) in [5, 5.41) is 0.888. The second-order valence-electron chi connectivity index (χ2n) is 5.00. The summed E-state index contributed by atoms with van der Waals surface area (Å²) in [7, 11) is 0. The van der Waals surface area contributed by atoms with Gasteiger partial charge in [0.25, 0.3) is 0 Å². The number of carbonyl (C=O) groups is 1. The molecule has 0 saturated heterocycles. The van der Waals surface area contributed by atoms with Gasteiger partial charge in [-0.05, 0) is 68.1 Å². The van der Waals surface area contributed by atoms with Crippen molar-refractivity contribution < 1.29 is 4.79 Å². The largest absolute Gasteiger partial charge is 0.293 e. The second kappa shape index (κ2) is 6.23. The van der Waals surface area contributed by atoms with Crippen LogP contribution in [0.15, 0.2) is 35.5 Å². The fraction of sp³-hybridized carbons (Fsp3) is 0.294. The van der Waals surface area contributed by atoms with Crippen LogP contribution < -0.4 is 0 Å². The van der Waals surface area contributed by atoms with Crippen LogP contribution in [0.4, 0.5) is 0 Å². The summed E-state index contributed by atoms with van der Waals surface area (Å²) >= 11 is 1.49. The van der Waals surface area contributed by atoms with E-state index in [1.54, 1.807) is 6.20 Å². The Kier molecular flexibility index (Phi) is 4.61. The molecule has 0 atom stereocenters. The van der Waals surface area contributed by atoms with Gasteiger partial charge in [0.1, 0.15) is 0 Å². The predicted molar refractivity (Wildman–Crippen MR) is 84.7 cm³/mol. The lowest BCUT2D eigenvalue weighted by molar-refractivity contribution is 0.102. The molecule has 0 aliphatic rings. The molecule has 1 aromatic heterocycles. The average Bonchev–Trinajstić information content (AvgIpc) is 2.47. The Balaban J connectivity index is 2.18. The first-order valence-corrected chi connectivity index (χ1v) is 7.63. The van der Waals surface area contributed by atoms with Gasteiger partial charge in [0.2, 0.25) is 0 Å². The third-order valence-electron chi connectivity index (χ3n) is 3.77. The maximum atomic E-state index is 12.4. The van der Waals surface area contributed by atoms with Gasteiger partial charge in [0.05, 0.1) is 10.8 Å². The molecule has 104 valence electrons. The van der Waals surface area contributed by atoms with Crippen LogP contribution in [0.5, 0.6) is 0 Å². The zero-order valence-electron chi connectivity index (χ0n) is 12.4. The molecule has 2 rings (SSSR count). The lowest BCUT2D eigenvalue weighted by Gasteiger charge is -2.13. The summed E-state index contributed by atoms with van der Waals surface area (Å²) in [5.41, 5.74) is 5.61. The minimum Gasteiger partial charge on any atom is -0.293 e. The van der Waals surface area contributed by atoms with Gasteiger partial charge in [-0.25, -0.2) is 4.98 Å². The molecule has 2 nitrogen and oxygen atoms in total. The van der Waals surface area contributed by atoms with Crippen molar-refractivity contribution in [1.82, 2.24) is 4.98 Å². The maximum absolute atomic E-state index is 12.4. The normalized spacial score (nSPS) is 10.6. The lowest BCUT2D eigenvalue weighted by atomic mass is 9.93. The molecule has 0 aliphatic heterocycles.